The Morgan fingerprint density at radius 3 is 2.58 bits per heavy atom. The summed E-state index contributed by atoms with van der Waals surface area (Å²) in [7, 11) is 0. The van der Waals surface area contributed by atoms with Gasteiger partial charge in [-0.15, -0.1) is 0 Å². The van der Waals surface area contributed by atoms with Gasteiger partial charge in [-0.25, -0.2) is 18.9 Å². The molecule has 4 aromatic rings. The number of benzene rings is 2. The highest BCUT2D eigenvalue weighted by Gasteiger charge is 2.31. The van der Waals surface area contributed by atoms with Crippen LogP contribution in [0.15, 0.2) is 66.1 Å². The molecule has 0 unspecified atom stereocenters. The summed E-state index contributed by atoms with van der Waals surface area (Å²) >= 11 is 0. The molecule has 2 aromatic heterocycles. The van der Waals surface area contributed by atoms with Gasteiger partial charge in [-0.2, -0.15) is 18.3 Å². The Morgan fingerprint density at radius 1 is 1.11 bits per heavy atom. The highest BCUT2D eigenvalue weighted by molar-refractivity contribution is 6.00. The summed E-state index contributed by atoms with van der Waals surface area (Å²) in [6.07, 6.45) is -0.942. The van der Waals surface area contributed by atoms with Crippen LogP contribution in [0, 0.1) is 5.82 Å². The lowest BCUT2D eigenvalue weighted by Gasteiger charge is -2.14. The highest BCUT2D eigenvalue weighted by Crippen LogP contribution is 2.33. The number of nitrogens with one attached hydrogen (secondary N) is 3. The van der Waals surface area contributed by atoms with E-state index in [0.29, 0.717) is 11.1 Å². The Bertz CT molecular complexity index is 1450. The molecule has 0 radical (unpaired) electrons. The average Bonchev–Trinajstić information content (AvgIpc) is 3.36. The van der Waals surface area contributed by atoms with Crippen molar-refractivity contribution in [1.82, 2.24) is 19.7 Å². The van der Waals surface area contributed by atoms with Crippen LogP contribution in [0.1, 0.15) is 12.5 Å². The van der Waals surface area contributed by atoms with Gasteiger partial charge in [0.1, 0.15) is 18.5 Å². The van der Waals surface area contributed by atoms with Crippen LogP contribution in [-0.4, -0.2) is 32.4 Å². The number of carbonyl (C=O) groups excluding carboxylic acids is 1. The van der Waals surface area contributed by atoms with E-state index >= 15 is 0 Å². The number of hydrogen-bond donors (Lipinski definition) is 3. The van der Waals surface area contributed by atoms with Crippen LogP contribution in [-0.2, 0) is 6.18 Å². The van der Waals surface area contributed by atoms with Crippen LogP contribution < -0.4 is 20.9 Å². The molecule has 13 heteroatoms. The van der Waals surface area contributed by atoms with Crippen LogP contribution in [0.4, 0.5) is 33.7 Å². The van der Waals surface area contributed by atoms with E-state index < -0.39 is 29.1 Å². The third kappa shape index (κ3) is 5.51. The van der Waals surface area contributed by atoms with Crippen molar-refractivity contribution in [2.45, 2.75) is 13.1 Å². The second-order valence-electron chi connectivity index (χ2n) is 7.39. The van der Waals surface area contributed by atoms with Gasteiger partial charge in [-0.1, -0.05) is 6.07 Å². The maximum Gasteiger partial charge on any atom is 0.416 e. The molecule has 3 N–H and O–H groups in total. The SMILES string of the molecule is CCOc1cc(-c2ccc(NC(=O)Nc3cc(-n4cncn4)cc(C(F)(F)F)c3)c(F)c2)c[nH]c1=O. The fourth-order valence-corrected chi connectivity index (χ4v) is 3.29. The van der Waals surface area contributed by atoms with Crippen LogP contribution in [0.3, 0.4) is 0 Å². The predicted molar refractivity (Wildman–Crippen MR) is 123 cm³/mol. The van der Waals surface area contributed by atoms with Crippen molar-refractivity contribution in [3.63, 3.8) is 0 Å². The molecule has 0 aliphatic carbocycles. The topological polar surface area (TPSA) is 114 Å². The van der Waals surface area contributed by atoms with Crippen molar-refractivity contribution in [2.24, 2.45) is 0 Å². The lowest BCUT2D eigenvalue weighted by molar-refractivity contribution is -0.137. The molecule has 2 heterocycles. The summed E-state index contributed by atoms with van der Waals surface area (Å²) in [5.74, 6) is -0.734. The number of alkyl halides is 3. The number of pyridine rings is 1. The van der Waals surface area contributed by atoms with Crippen molar-refractivity contribution in [2.75, 3.05) is 17.2 Å². The number of H-pyrrole nitrogens is 1. The third-order valence-electron chi connectivity index (χ3n) is 4.91. The number of nitrogens with zero attached hydrogens (tertiary/aromatic N) is 3. The zero-order valence-electron chi connectivity index (χ0n) is 18.6. The number of anilines is 2. The number of hydrogen-bond acceptors (Lipinski definition) is 5. The molecule has 2 amide bonds. The van der Waals surface area contributed by atoms with Crippen molar-refractivity contribution in [1.29, 1.82) is 0 Å². The van der Waals surface area contributed by atoms with E-state index in [1.54, 1.807) is 6.92 Å². The van der Waals surface area contributed by atoms with Crippen LogP contribution in [0.25, 0.3) is 16.8 Å². The molecule has 0 atom stereocenters. The number of rotatable bonds is 6. The van der Waals surface area contributed by atoms with E-state index in [4.69, 9.17) is 4.74 Å². The summed E-state index contributed by atoms with van der Waals surface area (Å²) < 4.78 is 61.1. The first-order valence-corrected chi connectivity index (χ1v) is 10.4. The Labute approximate surface area is 200 Å². The van der Waals surface area contributed by atoms with E-state index in [1.165, 1.54) is 36.8 Å². The van der Waals surface area contributed by atoms with Gasteiger partial charge < -0.3 is 20.4 Å². The Balaban J connectivity index is 1.54. The Morgan fingerprint density at radius 2 is 1.92 bits per heavy atom. The fraction of sp³-hybridized carbons (Fsp3) is 0.130. The van der Waals surface area contributed by atoms with E-state index in [2.05, 4.69) is 25.7 Å². The molecule has 9 nitrogen and oxygen atoms in total. The van der Waals surface area contributed by atoms with Crippen molar-refractivity contribution >= 4 is 17.4 Å². The molecule has 0 bridgehead atoms. The van der Waals surface area contributed by atoms with Gasteiger partial charge >= 0.3 is 12.2 Å². The number of ether oxygens (including phenoxy) is 1. The highest BCUT2D eigenvalue weighted by atomic mass is 19.4. The number of halogens is 4. The molecular weight excluding hydrogens is 484 g/mol. The van der Waals surface area contributed by atoms with Crippen molar-refractivity contribution in [3.05, 3.63) is 83.1 Å². The zero-order valence-corrected chi connectivity index (χ0v) is 18.6. The number of carbonyl (C=O) groups is 1. The van der Waals surface area contributed by atoms with E-state index in [9.17, 15) is 27.2 Å². The molecule has 4 rings (SSSR count). The minimum absolute atomic E-state index is 0.0143. The molecule has 2 aromatic carbocycles. The van der Waals surface area contributed by atoms with Crippen molar-refractivity contribution in [3.8, 4) is 22.6 Å². The second-order valence-corrected chi connectivity index (χ2v) is 7.39. The van der Waals surface area contributed by atoms with E-state index in [0.717, 1.165) is 29.2 Å². The summed E-state index contributed by atoms with van der Waals surface area (Å²) in [6, 6.07) is 7.25. The molecule has 0 fully saturated rings. The largest absolute Gasteiger partial charge is 0.488 e. The van der Waals surface area contributed by atoms with E-state index in [1.807, 2.05) is 0 Å². The first-order chi connectivity index (χ1) is 17.1. The molecule has 0 saturated carbocycles. The van der Waals surface area contributed by atoms with Gasteiger partial charge in [0.15, 0.2) is 5.75 Å². The van der Waals surface area contributed by atoms with Gasteiger partial charge in [-0.3, -0.25) is 4.79 Å². The number of aromatic nitrogens is 4. The summed E-state index contributed by atoms with van der Waals surface area (Å²) in [4.78, 5) is 30.4. The van der Waals surface area contributed by atoms with Gasteiger partial charge in [0.2, 0.25) is 0 Å². The fourth-order valence-electron chi connectivity index (χ4n) is 3.29. The van der Waals surface area contributed by atoms with Crippen molar-refractivity contribution < 1.29 is 27.1 Å². The minimum Gasteiger partial charge on any atom is -0.488 e. The second kappa shape index (κ2) is 9.90. The van der Waals surface area contributed by atoms with Gasteiger partial charge in [0.25, 0.3) is 5.56 Å². The summed E-state index contributed by atoms with van der Waals surface area (Å²) in [6.45, 7) is 1.98. The summed E-state index contributed by atoms with van der Waals surface area (Å²) in [5, 5.41) is 8.33. The molecule has 0 aliphatic rings. The molecule has 0 saturated heterocycles. The predicted octanol–water partition coefficient (Wildman–Crippen LogP) is 4.82. The van der Waals surface area contributed by atoms with Gasteiger partial charge in [0, 0.05) is 17.4 Å². The maximum atomic E-state index is 14.7. The Kier molecular flexibility index (Phi) is 6.72. The standard InChI is InChI=1S/C23H18F4N6O3/c1-2-36-20-6-14(10-29-21(20)34)13-3-4-19(18(24)5-13)32-22(35)31-16-7-15(23(25,26)27)8-17(9-16)33-12-28-11-30-33/h3-12H,2H2,1H3,(H,29,34)(H2,31,32,35). The molecule has 186 valence electrons. The number of amides is 2. The minimum atomic E-state index is -4.69. The van der Waals surface area contributed by atoms with Crippen LogP contribution in [0.2, 0.25) is 0 Å². The molecule has 36 heavy (non-hydrogen) atoms. The molecule has 0 aliphatic heterocycles. The lowest BCUT2D eigenvalue weighted by atomic mass is 10.1. The normalized spacial score (nSPS) is 11.2. The maximum absolute atomic E-state index is 14.7. The van der Waals surface area contributed by atoms with Crippen LogP contribution >= 0.6 is 0 Å². The van der Waals surface area contributed by atoms with Gasteiger partial charge in [0.05, 0.1) is 23.5 Å². The average molecular weight is 502 g/mol. The van der Waals surface area contributed by atoms with Gasteiger partial charge in [-0.05, 0) is 48.9 Å². The first kappa shape index (κ1) is 24.4. The van der Waals surface area contributed by atoms with E-state index in [-0.39, 0.29) is 29.4 Å². The smallest absolute Gasteiger partial charge is 0.416 e. The molecular formula is C23H18F4N6O3. The lowest BCUT2D eigenvalue weighted by Crippen LogP contribution is -2.21. The molecule has 0 spiro atoms. The van der Waals surface area contributed by atoms with Crippen LogP contribution in [0.5, 0.6) is 5.75 Å². The first-order valence-electron chi connectivity index (χ1n) is 10.4. The Hall–Kier alpha value is -4.68. The monoisotopic (exact) mass is 502 g/mol. The zero-order chi connectivity index (χ0) is 25.9. The summed E-state index contributed by atoms with van der Waals surface area (Å²) in [5.41, 5.74) is -0.981. The third-order valence-corrected chi connectivity index (χ3v) is 4.91. The number of aromatic amines is 1. The number of urea groups is 1. The quantitative estimate of drug-likeness (QED) is 0.327.